The van der Waals surface area contributed by atoms with Gasteiger partial charge in [0.15, 0.2) is 0 Å². The molecule has 0 spiro atoms. The van der Waals surface area contributed by atoms with Gasteiger partial charge in [0.05, 0.1) is 0 Å². The molecule has 0 unspecified atom stereocenters. The molecule has 0 aliphatic heterocycles. The number of aryl methyl sites for hydroxylation is 1. The molecule has 1 rings (SSSR count). The number of nitrogens with zero attached hydrogens (tertiary/aromatic N) is 3. The van der Waals surface area contributed by atoms with Gasteiger partial charge in [-0.25, -0.2) is 14.5 Å². The zero-order valence-electron chi connectivity index (χ0n) is 6.03. The molecule has 1 aromatic rings. The minimum absolute atomic E-state index is 0.716. The van der Waals surface area contributed by atoms with Crippen LogP contribution in [0.1, 0.15) is 5.82 Å². The van der Waals surface area contributed by atoms with Gasteiger partial charge >= 0.3 is 11.9 Å². The van der Waals surface area contributed by atoms with Gasteiger partial charge in [0, 0.05) is 7.05 Å². The maximum Gasteiger partial charge on any atom is 0.400 e. The average molecular weight is 177 g/mol. The first-order valence-electron chi connectivity index (χ1n) is 2.92. The van der Waals surface area contributed by atoms with Crippen molar-refractivity contribution in [2.24, 2.45) is 7.05 Å². The summed E-state index contributed by atoms with van der Waals surface area (Å²) in [6.45, 7) is 0. The van der Waals surface area contributed by atoms with E-state index in [0.717, 1.165) is 6.33 Å². The number of carboxylic acid groups (broad SMARTS) is 1. The summed E-state index contributed by atoms with van der Waals surface area (Å²) >= 11 is 0. The molecule has 0 aliphatic rings. The molecule has 66 valence electrons. The molecule has 0 amide bonds. The lowest BCUT2D eigenvalue weighted by Gasteiger charge is -2.08. The Labute approximate surface area is 65.6 Å². The largest absolute Gasteiger partial charge is 0.476 e. The first-order valence-corrected chi connectivity index (χ1v) is 2.92. The lowest BCUT2D eigenvalue weighted by atomic mass is 10.3. The lowest BCUT2D eigenvalue weighted by Crippen LogP contribution is -2.29. The highest BCUT2D eigenvalue weighted by molar-refractivity contribution is 5.75. The number of aromatic nitrogens is 3. The number of halogens is 2. The van der Waals surface area contributed by atoms with Gasteiger partial charge in [-0.3, -0.25) is 0 Å². The fourth-order valence-corrected chi connectivity index (χ4v) is 0.676. The molecule has 7 heteroatoms. The van der Waals surface area contributed by atoms with Crippen LogP contribution in [0.2, 0.25) is 0 Å². The monoisotopic (exact) mass is 177 g/mol. The minimum Gasteiger partial charge on any atom is -0.476 e. The summed E-state index contributed by atoms with van der Waals surface area (Å²) in [6.07, 6.45) is 0.867. The summed E-state index contributed by atoms with van der Waals surface area (Å²) in [7, 11) is 1.19. The van der Waals surface area contributed by atoms with Crippen LogP contribution in [0, 0.1) is 0 Å². The minimum atomic E-state index is -3.98. The molecule has 0 fully saturated rings. The van der Waals surface area contributed by atoms with Gasteiger partial charge in [0.25, 0.3) is 0 Å². The maximum absolute atomic E-state index is 12.6. The molecule has 0 radical (unpaired) electrons. The predicted octanol–water partition coefficient (Wildman–Crippen LogP) is -0.00850. The number of rotatable bonds is 2. The summed E-state index contributed by atoms with van der Waals surface area (Å²) in [5.41, 5.74) is 0. The molecule has 1 aromatic heterocycles. The molecule has 0 aromatic carbocycles. The van der Waals surface area contributed by atoms with Gasteiger partial charge < -0.3 is 5.11 Å². The predicted molar refractivity (Wildman–Crippen MR) is 32.5 cm³/mol. The average Bonchev–Trinajstić information content (AvgIpc) is 2.35. The van der Waals surface area contributed by atoms with E-state index in [9.17, 15) is 13.6 Å². The highest BCUT2D eigenvalue weighted by atomic mass is 19.3. The molecule has 0 aliphatic carbocycles. The van der Waals surface area contributed by atoms with Crippen LogP contribution in [0.5, 0.6) is 0 Å². The lowest BCUT2D eigenvalue weighted by molar-refractivity contribution is -0.168. The van der Waals surface area contributed by atoms with Crippen LogP contribution in [-0.4, -0.2) is 25.8 Å². The Bertz CT molecular complexity index is 309. The van der Waals surface area contributed by atoms with E-state index in [1.165, 1.54) is 7.05 Å². The quantitative estimate of drug-likeness (QED) is 0.689. The van der Waals surface area contributed by atoms with Gasteiger partial charge in [-0.05, 0) is 0 Å². The zero-order valence-corrected chi connectivity index (χ0v) is 6.03. The number of hydrogen-bond acceptors (Lipinski definition) is 3. The topological polar surface area (TPSA) is 68.0 Å². The van der Waals surface area contributed by atoms with E-state index in [0.29, 0.717) is 4.68 Å². The van der Waals surface area contributed by atoms with Crippen molar-refractivity contribution in [3.63, 3.8) is 0 Å². The normalized spacial score (nSPS) is 11.6. The molecule has 1 N–H and O–H groups in total. The first-order chi connectivity index (χ1) is 5.46. The molecule has 1 heterocycles. The van der Waals surface area contributed by atoms with Crippen LogP contribution < -0.4 is 0 Å². The molecule has 5 nitrogen and oxygen atoms in total. The molecular formula is C5H5F2N3O2. The van der Waals surface area contributed by atoms with Crippen molar-refractivity contribution in [1.29, 1.82) is 0 Å². The second kappa shape index (κ2) is 2.50. The summed E-state index contributed by atoms with van der Waals surface area (Å²) < 4.78 is 26.0. The zero-order chi connectivity index (χ0) is 9.35. The number of alkyl halides is 2. The van der Waals surface area contributed by atoms with E-state index in [1.54, 1.807) is 0 Å². The Morgan fingerprint density at radius 2 is 2.33 bits per heavy atom. The van der Waals surface area contributed by atoms with E-state index < -0.39 is 17.7 Å². The fourth-order valence-electron chi connectivity index (χ4n) is 0.676. The number of carbonyl (C=O) groups is 1. The molecule has 0 saturated carbocycles. The van der Waals surface area contributed by atoms with Crippen LogP contribution in [0.25, 0.3) is 0 Å². The SMILES string of the molecule is Cn1ncnc1C(F)(F)C(=O)O. The van der Waals surface area contributed by atoms with E-state index >= 15 is 0 Å². The second-order valence-corrected chi connectivity index (χ2v) is 2.09. The van der Waals surface area contributed by atoms with Gasteiger partial charge in [-0.1, -0.05) is 0 Å². The summed E-state index contributed by atoms with van der Waals surface area (Å²) in [4.78, 5) is 13.2. The van der Waals surface area contributed by atoms with E-state index in [1.807, 2.05) is 0 Å². The Kier molecular flexibility index (Phi) is 1.79. The van der Waals surface area contributed by atoms with Crippen LogP contribution >= 0.6 is 0 Å². The highest BCUT2D eigenvalue weighted by Gasteiger charge is 2.45. The van der Waals surface area contributed by atoms with Crippen molar-refractivity contribution in [3.05, 3.63) is 12.2 Å². The van der Waals surface area contributed by atoms with Crippen molar-refractivity contribution < 1.29 is 18.7 Å². The van der Waals surface area contributed by atoms with Gasteiger partial charge in [0.1, 0.15) is 6.33 Å². The molecule has 0 atom stereocenters. The third-order valence-electron chi connectivity index (χ3n) is 1.26. The first kappa shape index (κ1) is 8.57. The van der Waals surface area contributed by atoms with E-state index in [4.69, 9.17) is 5.11 Å². The Hall–Kier alpha value is -1.53. The summed E-state index contributed by atoms with van der Waals surface area (Å²) in [5, 5.41) is 11.4. The maximum atomic E-state index is 12.6. The molecule has 0 bridgehead atoms. The molecule has 12 heavy (non-hydrogen) atoms. The second-order valence-electron chi connectivity index (χ2n) is 2.09. The third kappa shape index (κ3) is 1.13. The van der Waals surface area contributed by atoms with E-state index in [-0.39, 0.29) is 0 Å². The fraction of sp³-hybridized carbons (Fsp3) is 0.400. The van der Waals surface area contributed by atoms with Gasteiger partial charge in [-0.2, -0.15) is 13.9 Å². The Morgan fingerprint density at radius 1 is 1.75 bits per heavy atom. The Balaban J connectivity index is 3.13. The molecule has 0 saturated heterocycles. The summed E-state index contributed by atoms with van der Waals surface area (Å²) in [6, 6.07) is 0. The van der Waals surface area contributed by atoms with Crippen molar-refractivity contribution in [1.82, 2.24) is 14.8 Å². The van der Waals surface area contributed by atoms with Crippen molar-refractivity contribution in [2.75, 3.05) is 0 Å². The van der Waals surface area contributed by atoms with Crippen molar-refractivity contribution in [3.8, 4) is 0 Å². The highest BCUT2D eigenvalue weighted by Crippen LogP contribution is 2.24. The van der Waals surface area contributed by atoms with Crippen LogP contribution in [-0.2, 0) is 17.8 Å². The smallest absolute Gasteiger partial charge is 0.400 e. The van der Waals surface area contributed by atoms with Crippen molar-refractivity contribution >= 4 is 5.97 Å². The van der Waals surface area contributed by atoms with Crippen LogP contribution in [0.4, 0.5) is 8.78 Å². The van der Waals surface area contributed by atoms with Gasteiger partial charge in [0.2, 0.25) is 5.82 Å². The number of hydrogen-bond donors (Lipinski definition) is 1. The standard InChI is InChI=1S/C5H5F2N3O2/c1-10-3(8-2-9-10)5(6,7)4(11)12/h2H,1H3,(H,11,12). The number of aliphatic carboxylic acids is 1. The third-order valence-corrected chi connectivity index (χ3v) is 1.26. The Morgan fingerprint density at radius 3 is 2.67 bits per heavy atom. The van der Waals surface area contributed by atoms with Gasteiger partial charge in [-0.15, -0.1) is 0 Å². The molecular weight excluding hydrogens is 172 g/mol. The number of carboxylic acids is 1. The van der Waals surface area contributed by atoms with E-state index in [2.05, 4.69) is 10.1 Å². The van der Waals surface area contributed by atoms with Crippen LogP contribution in [0.3, 0.4) is 0 Å². The van der Waals surface area contributed by atoms with Crippen LogP contribution in [0.15, 0.2) is 6.33 Å². The summed E-state index contributed by atoms with van der Waals surface area (Å²) in [5.74, 6) is -7.10. The van der Waals surface area contributed by atoms with Crippen molar-refractivity contribution in [2.45, 2.75) is 5.92 Å².